The van der Waals surface area contributed by atoms with Crippen molar-refractivity contribution >= 4 is 6.29 Å². The number of aromatic nitrogens is 1. The summed E-state index contributed by atoms with van der Waals surface area (Å²) in [5.41, 5.74) is -0.608. The average molecular weight is 297 g/mol. The molecule has 0 unspecified atom stereocenters. The number of hydrogen-bond acceptors (Lipinski definition) is 4. The van der Waals surface area contributed by atoms with Crippen LogP contribution in [0, 0.1) is 0 Å². The van der Waals surface area contributed by atoms with Crippen LogP contribution in [0.4, 0.5) is 13.2 Å². The fraction of sp³-hybridized carbons (Fsp3) is 0.143. The number of carbonyl (C=O) groups is 1. The molecule has 1 aromatic heterocycles. The van der Waals surface area contributed by atoms with Crippen LogP contribution in [0.5, 0.6) is 17.2 Å². The molecule has 21 heavy (non-hydrogen) atoms. The summed E-state index contributed by atoms with van der Waals surface area (Å²) >= 11 is 0. The fourth-order valence-electron chi connectivity index (χ4n) is 1.58. The summed E-state index contributed by atoms with van der Waals surface area (Å²) in [5, 5.41) is 0. The molecule has 0 radical (unpaired) electrons. The Hall–Kier alpha value is -2.57. The van der Waals surface area contributed by atoms with E-state index in [2.05, 4.69) is 4.98 Å². The van der Waals surface area contributed by atoms with Gasteiger partial charge >= 0.3 is 6.18 Å². The molecule has 0 amide bonds. The zero-order valence-corrected chi connectivity index (χ0v) is 10.8. The van der Waals surface area contributed by atoms with Crippen LogP contribution in [0.1, 0.15) is 16.1 Å². The Morgan fingerprint density at radius 3 is 2.33 bits per heavy atom. The van der Waals surface area contributed by atoms with Crippen molar-refractivity contribution in [2.24, 2.45) is 0 Å². The van der Waals surface area contributed by atoms with E-state index in [1.165, 1.54) is 31.5 Å². The zero-order chi connectivity index (χ0) is 15.5. The van der Waals surface area contributed by atoms with Crippen molar-refractivity contribution in [1.82, 2.24) is 4.98 Å². The minimum atomic E-state index is -4.40. The maximum Gasteiger partial charge on any atom is 0.416 e. The van der Waals surface area contributed by atoms with E-state index in [4.69, 9.17) is 9.47 Å². The number of hydrogen-bond donors (Lipinski definition) is 0. The SMILES string of the molecule is COc1cc(C=O)ncc1Oc1ccc(C(F)(F)F)cc1. The van der Waals surface area contributed by atoms with E-state index in [1.807, 2.05) is 0 Å². The molecule has 0 aliphatic rings. The number of nitrogens with zero attached hydrogens (tertiary/aromatic N) is 1. The minimum absolute atomic E-state index is 0.159. The predicted octanol–water partition coefficient (Wildman–Crippen LogP) is 3.71. The Bertz CT molecular complexity index is 639. The Morgan fingerprint density at radius 2 is 1.81 bits per heavy atom. The lowest BCUT2D eigenvalue weighted by molar-refractivity contribution is -0.137. The molecule has 2 aromatic rings. The van der Waals surface area contributed by atoms with Gasteiger partial charge in [0, 0.05) is 6.07 Å². The molecule has 0 bridgehead atoms. The third kappa shape index (κ3) is 3.50. The van der Waals surface area contributed by atoms with E-state index in [1.54, 1.807) is 0 Å². The van der Waals surface area contributed by atoms with Crippen LogP contribution in [0.2, 0.25) is 0 Å². The number of pyridine rings is 1. The van der Waals surface area contributed by atoms with Gasteiger partial charge in [0.1, 0.15) is 11.4 Å². The highest BCUT2D eigenvalue weighted by Gasteiger charge is 2.30. The Morgan fingerprint density at radius 1 is 1.14 bits per heavy atom. The van der Waals surface area contributed by atoms with Crippen LogP contribution in [0.15, 0.2) is 36.5 Å². The fourth-order valence-corrected chi connectivity index (χ4v) is 1.58. The third-order valence-corrected chi connectivity index (χ3v) is 2.60. The van der Waals surface area contributed by atoms with Gasteiger partial charge in [-0.15, -0.1) is 0 Å². The smallest absolute Gasteiger partial charge is 0.416 e. The van der Waals surface area contributed by atoms with E-state index < -0.39 is 11.7 Å². The molecule has 0 spiro atoms. The quantitative estimate of drug-likeness (QED) is 0.807. The summed E-state index contributed by atoms with van der Waals surface area (Å²) in [5.74, 6) is 0.650. The van der Waals surface area contributed by atoms with E-state index >= 15 is 0 Å². The molecule has 7 heteroatoms. The van der Waals surface area contributed by atoms with Gasteiger partial charge in [-0.1, -0.05) is 0 Å². The maximum atomic E-state index is 12.4. The largest absolute Gasteiger partial charge is 0.493 e. The summed E-state index contributed by atoms with van der Waals surface area (Å²) in [7, 11) is 1.38. The summed E-state index contributed by atoms with van der Waals surface area (Å²) in [4.78, 5) is 14.4. The second-order valence-corrected chi connectivity index (χ2v) is 4.00. The first-order chi connectivity index (χ1) is 9.94. The van der Waals surface area contributed by atoms with E-state index in [-0.39, 0.29) is 22.9 Å². The lowest BCUT2D eigenvalue weighted by atomic mass is 10.2. The standard InChI is InChI=1S/C14H10F3NO3/c1-20-12-6-10(8-19)18-7-13(12)21-11-4-2-9(3-5-11)14(15,16)17/h2-8H,1H3. The normalized spacial score (nSPS) is 11.0. The van der Waals surface area contributed by atoms with Gasteiger partial charge < -0.3 is 9.47 Å². The molecule has 0 atom stereocenters. The van der Waals surface area contributed by atoms with Gasteiger partial charge in [0.05, 0.1) is 18.9 Å². The topological polar surface area (TPSA) is 48.4 Å². The van der Waals surface area contributed by atoms with Crippen LogP contribution >= 0.6 is 0 Å². The van der Waals surface area contributed by atoms with Crippen LogP contribution in [-0.4, -0.2) is 18.4 Å². The molecule has 1 heterocycles. The van der Waals surface area contributed by atoms with E-state index in [9.17, 15) is 18.0 Å². The van der Waals surface area contributed by atoms with Gasteiger partial charge in [0.15, 0.2) is 17.8 Å². The molecule has 110 valence electrons. The summed E-state index contributed by atoms with van der Waals surface area (Å²) in [6.07, 6.45) is -2.59. The first-order valence-corrected chi connectivity index (χ1v) is 5.78. The number of carbonyl (C=O) groups excluding carboxylic acids is 1. The van der Waals surface area contributed by atoms with Gasteiger partial charge in [0.25, 0.3) is 0 Å². The third-order valence-electron chi connectivity index (χ3n) is 2.60. The molecular formula is C14H10F3NO3. The number of methoxy groups -OCH3 is 1. The van der Waals surface area contributed by atoms with Crippen LogP contribution in [0.25, 0.3) is 0 Å². The first-order valence-electron chi connectivity index (χ1n) is 5.78. The van der Waals surface area contributed by atoms with Crippen LogP contribution < -0.4 is 9.47 Å². The molecule has 2 rings (SSSR count). The molecule has 0 saturated heterocycles. The maximum absolute atomic E-state index is 12.4. The lowest BCUT2D eigenvalue weighted by Crippen LogP contribution is -2.04. The molecule has 0 saturated carbocycles. The molecule has 0 N–H and O–H groups in total. The summed E-state index contributed by atoms with van der Waals surface area (Å²) in [6.45, 7) is 0. The van der Waals surface area contributed by atoms with Crippen molar-refractivity contribution in [3.8, 4) is 17.2 Å². The van der Waals surface area contributed by atoms with Gasteiger partial charge in [-0.2, -0.15) is 13.2 Å². The van der Waals surface area contributed by atoms with Crippen molar-refractivity contribution in [2.75, 3.05) is 7.11 Å². The summed E-state index contributed by atoms with van der Waals surface area (Å²) < 4.78 is 47.8. The molecule has 1 aromatic carbocycles. The second-order valence-electron chi connectivity index (χ2n) is 4.00. The number of aldehydes is 1. The van der Waals surface area contributed by atoms with Crippen molar-refractivity contribution in [3.63, 3.8) is 0 Å². The van der Waals surface area contributed by atoms with Gasteiger partial charge in [0.2, 0.25) is 0 Å². The van der Waals surface area contributed by atoms with Crippen molar-refractivity contribution in [2.45, 2.75) is 6.18 Å². The Labute approximate surface area is 118 Å². The molecule has 4 nitrogen and oxygen atoms in total. The van der Waals surface area contributed by atoms with E-state index in [0.29, 0.717) is 6.29 Å². The Balaban J connectivity index is 2.24. The number of alkyl halides is 3. The molecule has 0 aliphatic carbocycles. The first kappa shape index (κ1) is 14.8. The summed E-state index contributed by atoms with van der Waals surface area (Å²) in [6, 6.07) is 5.57. The highest BCUT2D eigenvalue weighted by atomic mass is 19.4. The number of halogens is 3. The number of benzene rings is 1. The number of ether oxygens (including phenoxy) is 2. The van der Waals surface area contributed by atoms with Crippen LogP contribution in [-0.2, 0) is 6.18 Å². The highest BCUT2D eigenvalue weighted by Crippen LogP contribution is 2.33. The van der Waals surface area contributed by atoms with Crippen molar-refractivity contribution in [1.29, 1.82) is 0 Å². The average Bonchev–Trinajstić information content (AvgIpc) is 2.47. The zero-order valence-electron chi connectivity index (χ0n) is 10.8. The van der Waals surface area contributed by atoms with Gasteiger partial charge in [-0.05, 0) is 24.3 Å². The minimum Gasteiger partial charge on any atom is -0.493 e. The molecule has 0 aliphatic heterocycles. The highest BCUT2D eigenvalue weighted by molar-refractivity contribution is 5.73. The van der Waals surface area contributed by atoms with Crippen LogP contribution in [0.3, 0.4) is 0 Å². The van der Waals surface area contributed by atoms with Gasteiger partial charge in [-0.3, -0.25) is 4.79 Å². The Kier molecular flexibility index (Phi) is 4.11. The van der Waals surface area contributed by atoms with Crippen molar-refractivity contribution < 1.29 is 27.4 Å². The van der Waals surface area contributed by atoms with Gasteiger partial charge in [-0.25, -0.2) is 4.98 Å². The second kappa shape index (κ2) is 5.82. The monoisotopic (exact) mass is 297 g/mol. The van der Waals surface area contributed by atoms with E-state index in [0.717, 1.165) is 12.1 Å². The van der Waals surface area contributed by atoms with Crippen molar-refractivity contribution in [3.05, 3.63) is 47.8 Å². The molecular weight excluding hydrogens is 287 g/mol. The number of rotatable bonds is 4. The lowest BCUT2D eigenvalue weighted by Gasteiger charge is -2.11. The molecule has 0 fully saturated rings. The predicted molar refractivity (Wildman–Crippen MR) is 67.7 cm³/mol.